The zero-order valence-electron chi connectivity index (χ0n) is 15.1. The van der Waals surface area contributed by atoms with E-state index in [1.807, 2.05) is 36.5 Å². The molecule has 0 bridgehead atoms. The molecule has 4 rings (SSSR count). The van der Waals surface area contributed by atoms with Gasteiger partial charge in [0.25, 0.3) is 5.91 Å². The average Bonchev–Trinajstić information content (AvgIpc) is 3.46. The van der Waals surface area contributed by atoms with Gasteiger partial charge >= 0.3 is 6.09 Å². The molecule has 1 N–H and O–H groups in total. The Bertz CT molecular complexity index is 969. The molecule has 1 aliphatic rings. The highest BCUT2D eigenvalue weighted by molar-refractivity contribution is 7.13. The number of carbonyl (C=O) groups is 2. The van der Waals surface area contributed by atoms with Crippen LogP contribution in [0.2, 0.25) is 0 Å². The van der Waals surface area contributed by atoms with E-state index in [-0.39, 0.29) is 12.0 Å². The van der Waals surface area contributed by atoms with Gasteiger partial charge in [-0.05, 0) is 18.6 Å². The van der Waals surface area contributed by atoms with Crippen LogP contribution >= 0.6 is 11.3 Å². The number of hydrogen-bond acceptors (Lipinski definition) is 6. The van der Waals surface area contributed by atoms with E-state index < -0.39 is 0 Å². The highest BCUT2D eigenvalue weighted by Gasteiger charge is 2.21. The molecule has 2 aromatic heterocycles. The Kier molecular flexibility index (Phi) is 5.34. The van der Waals surface area contributed by atoms with Gasteiger partial charge in [0.05, 0.1) is 18.4 Å². The summed E-state index contributed by atoms with van der Waals surface area (Å²) in [7, 11) is 0. The Morgan fingerprint density at radius 2 is 2.14 bits per heavy atom. The van der Waals surface area contributed by atoms with E-state index in [9.17, 15) is 9.59 Å². The SMILES string of the molecule is O=C(NCCCN1CCOC1=O)c1csc(-c2cnn(-c3ccccc3)c2)n1. The molecule has 3 heterocycles. The highest BCUT2D eigenvalue weighted by atomic mass is 32.1. The van der Waals surface area contributed by atoms with Crippen LogP contribution in [0.1, 0.15) is 16.9 Å². The monoisotopic (exact) mass is 397 g/mol. The molecule has 1 aliphatic heterocycles. The molecule has 0 saturated carbocycles. The molecule has 144 valence electrons. The first-order chi connectivity index (χ1) is 13.7. The van der Waals surface area contributed by atoms with E-state index >= 15 is 0 Å². The van der Waals surface area contributed by atoms with E-state index in [0.29, 0.717) is 38.4 Å². The summed E-state index contributed by atoms with van der Waals surface area (Å²) in [6, 6.07) is 9.81. The molecule has 1 fully saturated rings. The number of thiazole rings is 1. The summed E-state index contributed by atoms with van der Waals surface area (Å²) in [5, 5.41) is 9.68. The summed E-state index contributed by atoms with van der Waals surface area (Å²) >= 11 is 1.40. The molecule has 0 unspecified atom stereocenters. The number of para-hydroxylation sites is 1. The molecule has 1 aromatic carbocycles. The molecule has 1 saturated heterocycles. The van der Waals surface area contributed by atoms with Crippen LogP contribution in [0.25, 0.3) is 16.3 Å². The lowest BCUT2D eigenvalue weighted by molar-refractivity contribution is 0.0948. The van der Waals surface area contributed by atoms with E-state index in [0.717, 1.165) is 16.3 Å². The van der Waals surface area contributed by atoms with Gasteiger partial charge in [-0.25, -0.2) is 14.5 Å². The molecule has 8 nitrogen and oxygen atoms in total. The summed E-state index contributed by atoms with van der Waals surface area (Å²) in [5.74, 6) is -0.220. The average molecular weight is 397 g/mol. The maximum Gasteiger partial charge on any atom is 0.409 e. The molecule has 28 heavy (non-hydrogen) atoms. The first-order valence-corrected chi connectivity index (χ1v) is 9.84. The molecule has 0 aliphatic carbocycles. The van der Waals surface area contributed by atoms with Gasteiger partial charge in [0, 0.05) is 30.2 Å². The third-order valence-corrected chi connectivity index (χ3v) is 5.21. The van der Waals surface area contributed by atoms with Gasteiger partial charge in [-0.2, -0.15) is 5.10 Å². The largest absolute Gasteiger partial charge is 0.448 e. The molecular formula is C19H19N5O3S. The quantitative estimate of drug-likeness (QED) is 0.619. The van der Waals surface area contributed by atoms with Crippen molar-refractivity contribution in [1.82, 2.24) is 25.0 Å². The number of hydrogen-bond donors (Lipinski definition) is 1. The maximum atomic E-state index is 12.3. The van der Waals surface area contributed by atoms with E-state index in [1.165, 1.54) is 11.3 Å². The molecule has 9 heteroatoms. The number of cyclic esters (lactones) is 1. The van der Waals surface area contributed by atoms with Gasteiger partial charge in [0.2, 0.25) is 0 Å². The normalized spacial score (nSPS) is 13.6. The van der Waals surface area contributed by atoms with Crippen LogP contribution in [0.3, 0.4) is 0 Å². The Hall–Kier alpha value is -3.20. The predicted molar refractivity (Wildman–Crippen MR) is 105 cm³/mol. The van der Waals surface area contributed by atoms with Crippen molar-refractivity contribution in [3.05, 3.63) is 53.8 Å². The summed E-state index contributed by atoms with van der Waals surface area (Å²) < 4.78 is 6.65. The number of ether oxygens (including phenoxy) is 1. The predicted octanol–water partition coefficient (Wildman–Crippen LogP) is 2.57. The second-order valence-electron chi connectivity index (χ2n) is 6.26. The zero-order valence-corrected chi connectivity index (χ0v) is 15.9. The molecule has 2 amide bonds. The maximum absolute atomic E-state index is 12.3. The van der Waals surface area contributed by atoms with Crippen LogP contribution in [0, 0.1) is 0 Å². The minimum atomic E-state index is -0.286. The molecule has 0 atom stereocenters. The summed E-state index contributed by atoms with van der Waals surface area (Å²) in [4.78, 5) is 29.7. The van der Waals surface area contributed by atoms with E-state index in [2.05, 4.69) is 15.4 Å². The number of amides is 2. The Morgan fingerprint density at radius 3 is 2.93 bits per heavy atom. The Balaban J connectivity index is 1.32. The fourth-order valence-corrected chi connectivity index (χ4v) is 3.63. The van der Waals surface area contributed by atoms with Crippen LogP contribution < -0.4 is 5.32 Å². The van der Waals surface area contributed by atoms with Crippen LogP contribution in [-0.2, 0) is 4.74 Å². The first kappa shape index (κ1) is 18.2. The van der Waals surface area contributed by atoms with Crippen molar-refractivity contribution >= 4 is 23.3 Å². The summed E-state index contributed by atoms with van der Waals surface area (Å²) in [6.45, 7) is 2.09. The molecule has 0 spiro atoms. The zero-order chi connectivity index (χ0) is 19.3. The van der Waals surface area contributed by atoms with Crippen LogP contribution in [-0.4, -0.2) is 57.9 Å². The van der Waals surface area contributed by atoms with Gasteiger partial charge in [-0.15, -0.1) is 11.3 Å². The van der Waals surface area contributed by atoms with Crippen LogP contribution in [0.4, 0.5) is 4.79 Å². The van der Waals surface area contributed by atoms with Gasteiger partial charge in [0.1, 0.15) is 17.3 Å². The van der Waals surface area contributed by atoms with Crippen molar-refractivity contribution in [3.63, 3.8) is 0 Å². The van der Waals surface area contributed by atoms with Crippen molar-refractivity contribution in [2.75, 3.05) is 26.2 Å². The number of nitrogens with one attached hydrogen (secondary N) is 1. The van der Waals surface area contributed by atoms with Crippen molar-refractivity contribution in [2.24, 2.45) is 0 Å². The second kappa shape index (κ2) is 8.22. The minimum Gasteiger partial charge on any atom is -0.448 e. The van der Waals surface area contributed by atoms with Crippen molar-refractivity contribution in [3.8, 4) is 16.3 Å². The smallest absolute Gasteiger partial charge is 0.409 e. The summed E-state index contributed by atoms with van der Waals surface area (Å²) in [5.41, 5.74) is 2.21. The lowest BCUT2D eigenvalue weighted by Gasteiger charge is -2.12. The van der Waals surface area contributed by atoms with Crippen LogP contribution in [0.5, 0.6) is 0 Å². The van der Waals surface area contributed by atoms with Gasteiger partial charge in [-0.3, -0.25) is 4.79 Å². The third-order valence-electron chi connectivity index (χ3n) is 4.32. The van der Waals surface area contributed by atoms with Gasteiger partial charge < -0.3 is 15.0 Å². The fourth-order valence-electron chi connectivity index (χ4n) is 2.86. The summed E-state index contributed by atoms with van der Waals surface area (Å²) in [6.07, 6.45) is 4.02. The lowest BCUT2D eigenvalue weighted by Crippen LogP contribution is -2.30. The standard InChI is InChI=1S/C19H19N5O3S/c25-17(20-7-4-8-23-9-10-27-19(23)26)16-13-28-18(22-16)14-11-21-24(12-14)15-5-2-1-3-6-15/h1-3,5-6,11-13H,4,7-10H2,(H,20,25). The third kappa shape index (κ3) is 4.04. The topological polar surface area (TPSA) is 89.4 Å². The highest BCUT2D eigenvalue weighted by Crippen LogP contribution is 2.24. The fraction of sp³-hybridized carbons (Fsp3) is 0.263. The first-order valence-electron chi connectivity index (χ1n) is 8.96. The number of rotatable bonds is 7. The van der Waals surface area contributed by atoms with Crippen molar-refractivity contribution in [2.45, 2.75) is 6.42 Å². The van der Waals surface area contributed by atoms with E-state index in [1.54, 1.807) is 21.2 Å². The molecule has 3 aromatic rings. The Labute approximate surface area is 165 Å². The molecule has 0 radical (unpaired) electrons. The van der Waals surface area contributed by atoms with E-state index in [4.69, 9.17) is 4.74 Å². The number of benzene rings is 1. The van der Waals surface area contributed by atoms with Gasteiger partial charge in [0.15, 0.2) is 0 Å². The molecular weight excluding hydrogens is 378 g/mol. The minimum absolute atomic E-state index is 0.220. The van der Waals surface area contributed by atoms with Crippen LogP contribution in [0.15, 0.2) is 48.1 Å². The number of nitrogens with zero attached hydrogens (tertiary/aromatic N) is 4. The van der Waals surface area contributed by atoms with Gasteiger partial charge in [-0.1, -0.05) is 18.2 Å². The van der Waals surface area contributed by atoms with Crippen molar-refractivity contribution in [1.29, 1.82) is 0 Å². The number of carbonyl (C=O) groups excluding carboxylic acids is 2. The lowest BCUT2D eigenvalue weighted by atomic mass is 10.3. The Morgan fingerprint density at radius 1 is 1.29 bits per heavy atom. The number of aromatic nitrogens is 3. The second-order valence-corrected chi connectivity index (χ2v) is 7.12. The van der Waals surface area contributed by atoms with Crippen molar-refractivity contribution < 1.29 is 14.3 Å².